The molecule has 0 saturated carbocycles. The summed E-state index contributed by atoms with van der Waals surface area (Å²) in [7, 11) is 1.68. The summed E-state index contributed by atoms with van der Waals surface area (Å²) in [4.78, 5) is 13.6. The lowest BCUT2D eigenvalue weighted by molar-refractivity contribution is -0.109. The first-order valence-corrected chi connectivity index (χ1v) is 11.4. The van der Waals surface area contributed by atoms with Crippen LogP contribution in [-0.4, -0.2) is 58.0 Å². The molecule has 6 nitrogen and oxygen atoms in total. The standard InChI is InChI=1S/C26H35NO5/c1-4-31-26-11-8-22(16-20(26)2)23-17-25(27(18-23)12-13-28)21-6-9-24(10-7-21)32-19-30-15-5-14-29-3/h6-11,13,16,23,25H,4-5,12,14-15,17-19H2,1-3H3/t23-,25-/m1/s1. The van der Waals surface area contributed by atoms with E-state index >= 15 is 0 Å². The molecule has 1 aliphatic heterocycles. The van der Waals surface area contributed by atoms with Crippen molar-refractivity contribution in [2.75, 3.05) is 46.8 Å². The monoisotopic (exact) mass is 441 g/mol. The van der Waals surface area contributed by atoms with E-state index in [1.807, 2.05) is 19.1 Å². The minimum Gasteiger partial charge on any atom is -0.494 e. The first kappa shape index (κ1) is 24.2. The summed E-state index contributed by atoms with van der Waals surface area (Å²) in [5, 5.41) is 0. The van der Waals surface area contributed by atoms with E-state index in [1.54, 1.807) is 7.11 Å². The minimum absolute atomic E-state index is 0.205. The van der Waals surface area contributed by atoms with Crippen LogP contribution in [-0.2, 0) is 14.3 Å². The van der Waals surface area contributed by atoms with E-state index in [4.69, 9.17) is 18.9 Å². The Hall–Kier alpha value is -2.41. The van der Waals surface area contributed by atoms with Gasteiger partial charge in [-0.2, -0.15) is 0 Å². The third-order valence-corrected chi connectivity index (χ3v) is 5.89. The van der Waals surface area contributed by atoms with Crippen molar-refractivity contribution in [3.05, 3.63) is 59.2 Å². The van der Waals surface area contributed by atoms with Crippen LogP contribution in [0.1, 0.15) is 48.4 Å². The fourth-order valence-electron chi connectivity index (χ4n) is 4.29. The van der Waals surface area contributed by atoms with Crippen LogP contribution in [0.5, 0.6) is 11.5 Å². The van der Waals surface area contributed by atoms with Crippen LogP contribution in [0.2, 0.25) is 0 Å². The van der Waals surface area contributed by atoms with Crippen LogP contribution in [0.25, 0.3) is 0 Å². The fraction of sp³-hybridized carbons (Fsp3) is 0.500. The summed E-state index contributed by atoms with van der Waals surface area (Å²) >= 11 is 0. The third kappa shape index (κ3) is 6.55. The van der Waals surface area contributed by atoms with Gasteiger partial charge in [0.25, 0.3) is 0 Å². The van der Waals surface area contributed by atoms with Gasteiger partial charge in [0.05, 0.1) is 19.8 Å². The molecule has 2 aromatic rings. The first-order valence-electron chi connectivity index (χ1n) is 11.4. The molecule has 0 amide bonds. The second kappa shape index (κ2) is 12.6. The Balaban J connectivity index is 1.62. The molecule has 0 spiro atoms. The molecule has 174 valence electrons. The summed E-state index contributed by atoms with van der Waals surface area (Å²) in [6.07, 6.45) is 2.82. The van der Waals surface area contributed by atoms with E-state index in [1.165, 1.54) is 11.1 Å². The van der Waals surface area contributed by atoms with Gasteiger partial charge in [0, 0.05) is 26.3 Å². The summed E-state index contributed by atoms with van der Waals surface area (Å²) in [6.45, 7) is 7.57. The van der Waals surface area contributed by atoms with Crippen LogP contribution in [0.4, 0.5) is 0 Å². The second-order valence-electron chi connectivity index (χ2n) is 8.11. The lowest BCUT2D eigenvalue weighted by Crippen LogP contribution is -2.25. The molecule has 32 heavy (non-hydrogen) atoms. The number of likely N-dealkylation sites (tertiary alicyclic amines) is 1. The van der Waals surface area contributed by atoms with Crippen molar-refractivity contribution in [3.8, 4) is 11.5 Å². The van der Waals surface area contributed by atoms with E-state index < -0.39 is 0 Å². The maximum Gasteiger partial charge on any atom is 0.189 e. The van der Waals surface area contributed by atoms with Gasteiger partial charge >= 0.3 is 0 Å². The SMILES string of the molecule is CCOc1ccc([C@@H]2C[C@H](c3ccc(OCOCCCOC)cc3)N(CC=O)C2)cc1C. The van der Waals surface area contributed by atoms with E-state index in [2.05, 4.69) is 42.2 Å². The predicted octanol–water partition coefficient (Wildman–Crippen LogP) is 4.51. The number of hydrogen-bond donors (Lipinski definition) is 0. The van der Waals surface area contributed by atoms with Gasteiger partial charge in [-0.05, 0) is 67.5 Å². The van der Waals surface area contributed by atoms with Crippen molar-refractivity contribution in [2.24, 2.45) is 0 Å². The average Bonchev–Trinajstić information content (AvgIpc) is 3.22. The largest absolute Gasteiger partial charge is 0.494 e. The van der Waals surface area contributed by atoms with Gasteiger partial charge in [-0.1, -0.05) is 24.3 Å². The highest BCUT2D eigenvalue weighted by Gasteiger charge is 2.33. The molecule has 0 radical (unpaired) electrons. The Labute approximate surface area is 191 Å². The number of hydrogen-bond acceptors (Lipinski definition) is 6. The molecule has 2 atom stereocenters. The molecule has 0 aromatic heterocycles. The number of aryl methyl sites for hydroxylation is 1. The normalized spacial score (nSPS) is 18.6. The van der Waals surface area contributed by atoms with Crippen molar-refractivity contribution >= 4 is 6.29 Å². The number of benzene rings is 2. The maximum absolute atomic E-state index is 11.3. The highest BCUT2D eigenvalue weighted by molar-refractivity contribution is 5.52. The van der Waals surface area contributed by atoms with Gasteiger partial charge in [-0.3, -0.25) is 4.90 Å². The molecule has 0 aliphatic carbocycles. The second-order valence-corrected chi connectivity index (χ2v) is 8.11. The van der Waals surface area contributed by atoms with Crippen molar-refractivity contribution in [2.45, 2.75) is 38.6 Å². The molecule has 1 fully saturated rings. The van der Waals surface area contributed by atoms with E-state index in [9.17, 15) is 4.79 Å². The number of ether oxygens (including phenoxy) is 4. The van der Waals surface area contributed by atoms with Crippen LogP contribution in [0.15, 0.2) is 42.5 Å². The molecule has 6 heteroatoms. The Kier molecular flexibility index (Phi) is 9.53. The number of carbonyl (C=O) groups is 1. The van der Waals surface area contributed by atoms with Gasteiger partial charge in [0.2, 0.25) is 0 Å². The Bertz CT molecular complexity index is 839. The van der Waals surface area contributed by atoms with Gasteiger partial charge in [-0.15, -0.1) is 0 Å². The summed E-state index contributed by atoms with van der Waals surface area (Å²) < 4.78 is 21.8. The Morgan fingerprint density at radius 2 is 1.84 bits per heavy atom. The van der Waals surface area contributed by atoms with Gasteiger partial charge in [-0.25, -0.2) is 0 Å². The van der Waals surface area contributed by atoms with Gasteiger partial charge in [0.15, 0.2) is 6.79 Å². The Morgan fingerprint density at radius 3 is 2.53 bits per heavy atom. The molecule has 0 unspecified atom stereocenters. The number of rotatable bonds is 13. The van der Waals surface area contributed by atoms with Crippen molar-refractivity contribution in [1.82, 2.24) is 4.90 Å². The molecular weight excluding hydrogens is 406 g/mol. The van der Waals surface area contributed by atoms with Crippen LogP contribution < -0.4 is 9.47 Å². The molecular formula is C26H35NO5. The van der Waals surface area contributed by atoms with Crippen molar-refractivity contribution in [1.29, 1.82) is 0 Å². The van der Waals surface area contributed by atoms with Crippen LogP contribution >= 0.6 is 0 Å². The number of nitrogens with zero attached hydrogens (tertiary/aromatic N) is 1. The molecule has 1 saturated heterocycles. The predicted molar refractivity (Wildman–Crippen MR) is 124 cm³/mol. The quantitative estimate of drug-likeness (QED) is 0.259. The zero-order chi connectivity index (χ0) is 22.8. The summed E-state index contributed by atoms with van der Waals surface area (Å²) in [6, 6.07) is 14.8. The highest BCUT2D eigenvalue weighted by atomic mass is 16.7. The lowest BCUT2D eigenvalue weighted by atomic mass is 9.92. The van der Waals surface area contributed by atoms with E-state index in [0.717, 1.165) is 42.7 Å². The molecule has 0 N–H and O–H groups in total. The number of aldehydes is 1. The van der Waals surface area contributed by atoms with Crippen LogP contribution in [0, 0.1) is 6.92 Å². The van der Waals surface area contributed by atoms with Gasteiger partial charge in [0.1, 0.15) is 17.8 Å². The molecule has 1 aliphatic rings. The molecule has 3 rings (SSSR count). The van der Waals surface area contributed by atoms with Gasteiger partial charge < -0.3 is 23.7 Å². The zero-order valence-corrected chi connectivity index (χ0v) is 19.4. The maximum atomic E-state index is 11.3. The minimum atomic E-state index is 0.205. The number of methoxy groups -OCH3 is 1. The molecule has 2 aromatic carbocycles. The zero-order valence-electron chi connectivity index (χ0n) is 19.4. The smallest absolute Gasteiger partial charge is 0.189 e. The van der Waals surface area contributed by atoms with E-state index in [-0.39, 0.29) is 12.8 Å². The van der Waals surface area contributed by atoms with Crippen LogP contribution in [0.3, 0.4) is 0 Å². The van der Waals surface area contributed by atoms with E-state index in [0.29, 0.717) is 32.3 Å². The fourth-order valence-corrected chi connectivity index (χ4v) is 4.29. The average molecular weight is 442 g/mol. The van der Waals surface area contributed by atoms with Crippen molar-refractivity contribution < 1.29 is 23.7 Å². The summed E-state index contributed by atoms with van der Waals surface area (Å²) in [5.74, 6) is 2.10. The lowest BCUT2D eigenvalue weighted by Gasteiger charge is -2.22. The topological polar surface area (TPSA) is 57.2 Å². The third-order valence-electron chi connectivity index (χ3n) is 5.89. The first-order chi connectivity index (χ1) is 15.7. The molecule has 1 heterocycles. The highest BCUT2D eigenvalue weighted by Crippen LogP contribution is 2.41. The Morgan fingerprint density at radius 1 is 1.06 bits per heavy atom. The van der Waals surface area contributed by atoms with Crippen molar-refractivity contribution in [3.63, 3.8) is 0 Å². The summed E-state index contributed by atoms with van der Waals surface area (Å²) in [5.41, 5.74) is 3.65. The number of carbonyl (C=O) groups excluding carboxylic acids is 1. The molecule has 0 bridgehead atoms.